The molecule has 0 saturated heterocycles. The zero-order valence-electron chi connectivity index (χ0n) is 26.1. The van der Waals surface area contributed by atoms with Crippen LogP contribution < -0.4 is 4.90 Å². The SMILES string of the molecule is [C-]#[N+]c1cc(C#N)cc(N(c2ccc(-c3cccc4c3oc3ccccc34)cc2)c2ccc(-c3cccc4c3oc3ccccc34)cc2)c1. The van der Waals surface area contributed by atoms with Gasteiger partial charge in [0.1, 0.15) is 22.3 Å². The number of benzene rings is 7. The van der Waals surface area contributed by atoms with E-state index >= 15 is 0 Å². The predicted molar refractivity (Wildman–Crippen MR) is 198 cm³/mol. The number of nitriles is 1. The zero-order valence-corrected chi connectivity index (χ0v) is 26.1. The highest BCUT2D eigenvalue weighted by atomic mass is 16.3. The summed E-state index contributed by atoms with van der Waals surface area (Å²) in [5.41, 5.74) is 10.8. The van der Waals surface area contributed by atoms with Crippen LogP contribution in [0.25, 0.3) is 71.0 Å². The molecule has 7 aromatic carbocycles. The van der Waals surface area contributed by atoms with Crippen LogP contribution in [0.3, 0.4) is 0 Å². The molecule has 0 N–H and O–H groups in total. The van der Waals surface area contributed by atoms with Crippen molar-refractivity contribution in [2.24, 2.45) is 0 Å². The Hall–Kier alpha value is -7.08. The molecule has 0 unspecified atom stereocenters. The molecule has 49 heavy (non-hydrogen) atoms. The first kappa shape index (κ1) is 28.2. The molecule has 0 bridgehead atoms. The van der Waals surface area contributed by atoms with Crippen molar-refractivity contribution in [2.75, 3.05) is 4.90 Å². The van der Waals surface area contributed by atoms with Gasteiger partial charge in [0.25, 0.3) is 0 Å². The van der Waals surface area contributed by atoms with Gasteiger partial charge in [-0.1, -0.05) is 97.1 Å². The van der Waals surface area contributed by atoms with E-state index < -0.39 is 0 Å². The van der Waals surface area contributed by atoms with Gasteiger partial charge in [-0.15, -0.1) is 0 Å². The maximum atomic E-state index is 9.82. The monoisotopic (exact) mass is 627 g/mol. The van der Waals surface area contributed by atoms with Gasteiger partial charge in [0.15, 0.2) is 5.69 Å². The fourth-order valence-electron chi connectivity index (χ4n) is 6.83. The standard InChI is InChI=1S/C44H25N3O2/c1-46-31-24-28(27-45)25-34(26-31)47(32-20-16-29(17-21-32)35-10-6-12-39-37-8-2-4-14-41(37)48-43(35)39)33-22-18-30(19-23-33)36-11-7-13-40-38-9-3-5-15-42(38)49-44(36)40/h2-26H. The van der Waals surface area contributed by atoms with Gasteiger partial charge in [0.2, 0.25) is 0 Å². The Morgan fingerprint density at radius 1 is 0.510 bits per heavy atom. The summed E-state index contributed by atoms with van der Waals surface area (Å²) >= 11 is 0. The van der Waals surface area contributed by atoms with Crippen molar-refractivity contribution in [1.82, 2.24) is 0 Å². The molecular formula is C44H25N3O2. The number of anilines is 3. The fraction of sp³-hybridized carbons (Fsp3) is 0. The van der Waals surface area contributed by atoms with Crippen LogP contribution >= 0.6 is 0 Å². The second kappa shape index (κ2) is 11.3. The van der Waals surface area contributed by atoms with Crippen molar-refractivity contribution in [3.8, 4) is 28.3 Å². The van der Waals surface area contributed by atoms with Crippen LogP contribution in [0.1, 0.15) is 5.56 Å². The summed E-state index contributed by atoms with van der Waals surface area (Å²) in [4.78, 5) is 5.74. The summed E-state index contributed by atoms with van der Waals surface area (Å²) in [6, 6.07) is 52.8. The number of furan rings is 2. The molecule has 0 saturated carbocycles. The van der Waals surface area contributed by atoms with E-state index in [-0.39, 0.29) is 0 Å². The zero-order chi connectivity index (χ0) is 32.9. The van der Waals surface area contributed by atoms with Gasteiger partial charge in [0, 0.05) is 55.3 Å². The molecule has 0 atom stereocenters. The molecule has 0 radical (unpaired) electrons. The maximum absolute atomic E-state index is 9.82. The number of nitrogens with zero attached hydrogens (tertiary/aromatic N) is 3. The van der Waals surface area contributed by atoms with Crippen molar-refractivity contribution in [1.29, 1.82) is 5.26 Å². The molecule has 0 aliphatic rings. The average molecular weight is 628 g/mol. The summed E-state index contributed by atoms with van der Waals surface area (Å²) in [5, 5.41) is 14.2. The van der Waals surface area contributed by atoms with Crippen LogP contribution in [0.2, 0.25) is 0 Å². The van der Waals surface area contributed by atoms with E-state index in [9.17, 15) is 5.26 Å². The van der Waals surface area contributed by atoms with Crippen molar-refractivity contribution >= 4 is 66.6 Å². The van der Waals surface area contributed by atoms with Crippen molar-refractivity contribution < 1.29 is 8.83 Å². The van der Waals surface area contributed by atoms with Crippen LogP contribution in [0, 0.1) is 17.9 Å². The minimum Gasteiger partial charge on any atom is -0.455 e. The lowest BCUT2D eigenvalue weighted by molar-refractivity contribution is 0.669. The van der Waals surface area contributed by atoms with Crippen molar-refractivity contribution in [2.45, 2.75) is 0 Å². The lowest BCUT2D eigenvalue weighted by Gasteiger charge is -2.26. The highest BCUT2D eigenvalue weighted by Crippen LogP contribution is 2.42. The Morgan fingerprint density at radius 2 is 1.00 bits per heavy atom. The first-order valence-corrected chi connectivity index (χ1v) is 15.9. The first-order valence-electron chi connectivity index (χ1n) is 15.9. The largest absolute Gasteiger partial charge is 0.455 e. The molecule has 0 aliphatic heterocycles. The van der Waals surface area contributed by atoms with Gasteiger partial charge in [-0.25, -0.2) is 4.85 Å². The van der Waals surface area contributed by atoms with E-state index in [2.05, 4.69) is 113 Å². The lowest BCUT2D eigenvalue weighted by atomic mass is 10.0. The van der Waals surface area contributed by atoms with E-state index in [4.69, 9.17) is 15.4 Å². The third kappa shape index (κ3) is 4.69. The van der Waals surface area contributed by atoms with Crippen LogP contribution in [0.15, 0.2) is 160 Å². The third-order valence-corrected chi connectivity index (χ3v) is 9.10. The molecule has 9 rings (SSSR count). The van der Waals surface area contributed by atoms with E-state index in [1.54, 1.807) is 6.07 Å². The molecule has 9 aromatic rings. The normalized spacial score (nSPS) is 11.2. The predicted octanol–water partition coefficient (Wildman–Crippen LogP) is 12.7. The Kier molecular flexibility index (Phi) is 6.50. The average Bonchev–Trinajstić information content (AvgIpc) is 3.74. The van der Waals surface area contributed by atoms with E-state index in [0.29, 0.717) is 11.3 Å². The number of hydrogen-bond donors (Lipinski definition) is 0. The smallest absolute Gasteiger partial charge is 0.190 e. The van der Waals surface area contributed by atoms with Crippen molar-refractivity contribution in [3.63, 3.8) is 0 Å². The van der Waals surface area contributed by atoms with Crippen molar-refractivity contribution in [3.05, 3.63) is 169 Å². The molecule has 0 amide bonds. The second-order valence-corrected chi connectivity index (χ2v) is 12.0. The number of hydrogen-bond acceptors (Lipinski definition) is 4. The molecular weight excluding hydrogens is 603 g/mol. The Morgan fingerprint density at radius 3 is 1.49 bits per heavy atom. The quantitative estimate of drug-likeness (QED) is 0.178. The molecule has 5 nitrogen and oxygen atoms in total. The van der Waals surface area contributed by atoms with Crippen LogP contribution in [0.5, 0.6) is 0 Å². The molecule has 0 fully saturated rings. The van der Waals surface area contributed by atoms with E-state index in [1.165, 1.54) is 0 Å². The maximum Gasteiger partial charge on any atom is 0.190 e. The summed E-state index contributed by atoms with van der Waals surface area (Å²) in [6.45, 7) is 7.70. The Bertz CT molecular complexity index is 2600. The van der Waals surface area contributed by atoms with Crippen LogP contribution in [-0.4, -0.2) is 0 Å². The summed E-state index contributed by atoms with van der Waals surface area (Å²) in [6.07, 6.45) is 0. The molecule has 0 spiro atoms. The highest BCUT2D eigenvalue weighted by Gasteiger charge is 2.18. The van der Waals surface area contributed by atoms with Crippen LogP contribution in [0.4, 0.5) is 22.7 Å². The first-order chi connectivity index (χ1) is 24.2. The molecule has 228 valence electrons. The minimum absolute atomic E-state index is 0.403. The summed E-state index contributed by atoms with van der Waals surface area (Å²) in [5.74, 6) is 0. The van der Waals surface area contributed by atoms with Gasteiger partial charge in [-0.2, -0.15) is 5.26 Å². The van der Waals surface area contributed by atoms with E-state index in [1.807, 2.05) is 48.5 Å². The topological polar surface area (TPSA) is 57.7 Å². The van der Waals surface area contributed by atoms with Gasteiger partial charge in [0.05, 0.1) is 12.6 Å². The Labute approximate surface area is 281 Å². The van der Waals surface area contributed by atoms with Gasteiger partial charge in [-0.3, -0.25) is 0 Å². The van der Waals surface area contributed by atoms with Gasteiger partial charge < -0.3 is 13.7 Å². The number of rotatable bonds is 5. The summed E-state index contributed by atoms with van der Waals surface area (Å²) < 4.78 is 12.6. The number of para-hydroxylation sites is 4. The van der Waals surface area contributed by atoms with Crippen LogP contribution in [-0.2, 0) is 0 Å². The molecule has 2 aromatic heterocycles. The fourth-order valence-corrected chi connectivity index (χ4v) is 6.83. The number of fused-ring (bicyclic) bond motifs is 6. The van der Waals surface area contributed by atoms with Gasteiger partial charge >= 0.3 is 0 Å². The third-order valence-electron chi connectivity index (χ3n) is 9.10. The minimum atomic E-state index is 0.403. The van der Waals surface area contributed by atoms with E-state index in [0.717, 1.165) is 83.2 Å². The summed E-state index contributed by atoms with van der Waals surface area (Å²) in [7, 11) is 0. The molecule has 0 aliphatic carbocycles. The van der Waals surface area contributed by atoms with Gasteiger partial charge in [-0.05, 0) is 65.7 Å². The lowest BCUT2D eigenvalue weighted by Crippen LogP contribution is -2.10. The highest BCUT2D eigenvalue weighted by molar-refractivity contribution is 6.10. The molecule has 2 heterocycles. The second-order valence-electron chi connectivity index (χ2n) is 12.0. The Balaban J connectivity index is 1.15. The molecule has 5 heteroatoms.